The average Bonchev–Trinajstić information content (AvgIpc) is 1.97. The van der Waals surface area contributed by atoms with Crippen LogP contribution >= 0.6 is 0 Å². The second-order valence-corrected chi connectivity index (χ2v) is 2.53. The molecule has 0 aliphatic rings. The molecule has 0 saturated heterocycles. The van der Waals surface area contributed by atoms with Crippen molar-refractivity contribution in [3.05, 3.63) is 6.92 Å². The van der Waals surface area contributed by atoms with Crippen LogP contribution in [0.4, 0.5) is 0 Å². The molecule has 0 aromatic heterocycles. The van der Waals surface area contributed by atoms with Crippen LogP contribution in [0.3, 0.4) is 0 Å². The summed E-state index contributed by atoms with van der Waals surface area (Å²) in [5.74, 6) is 0. The highest BCUT2D eigenvalue weighted by molar-refractivity contribution is 4.43. The molecule has 0 fully saturated rings. The van der Waals surface area contributed by atoms with Gasteiger partial charge in [0.05, 0.1) is 0 Å². The zero-order chi connectivity index (χ0) is 7.66. The van der Waals surface area contributed by atoms with Gasteiger partial charge in [-0.1, -0.05) is 33.1 Å². The molecule has 10 heavy (non-hydrogen) atoms. The molecule has 61 valence electrons. The maximum Gasteiger partial charge on any atom is 0.0466 e. The molecule has 0 aromatic rings. The number of hydrogen-bond acceptors (Lipinski definition) is 1. The van der Waals surface area contributed by atoms with Crippen LogP contribution in [0, 0.1) is 6.92 Å². The molecule has 1 radical (unpaired) electrons. The highest BCUT2D eigenvalue weighted by Gasteiger charge is 1.86. The maximum atomic E-state index is 5.31. The lowest BCUT2D eigenvalue weighted by molar-refractivity contribution is 0.130. The van der Waals surface area contributed by atoms with Gasteiger partial charge >= 0.3 is 0 Å². The van der Waals surface area contributed by atoms with E-state index < -0.39 is 0 Å². The Bertz CT molecular complexity index is 44.7. The van der Waals surface area contributed by atoms with Crippen molar-refractivity contribution in [3.63, 3.8) is 0 Å². The minimum atomic E-state index is 0.921. The van der Waals surface area contributed by atoms with Crippen LogP contribution in [0.15, 0.2) is 0 Å². The zero-order valence-electron chi connectivity index (χ0n) is 7.07. The zero-order valence-corrected chi connectivity index (χ0v) is 7.07. The molecular formula is C9H19O. The largest absolute Gasteiger partial charge is 0.381 e. The Morgan fingerprint density at radius 2 is 1.90 bits per heavy atom. The molecule has 0 rings (SSSR count). The van der Waals surface area contributed by atoms with Gasteiger partial charge in [-0.05, 0) is 12.8 Å². The van der Waals surface area contributed by atoms with Crippen molar-refractivity contribution in [3.8, 4) is 0 Å². The van der Waals surface area contributed by atoms with Crippen LogP contribution in [0.2, 0.25) is 0 Å². The molecular weight excluding hydrogens is 124 g/mol. The van der Waals surface area contributed by atoms with E-state index in [4.69, 9.17) is 4.74 Å². The summed E-state index contributed by atoms with van der Waals surface area (Å²) in [7, 11) is 0. The fourth-order valence-electron chi connectivity index (χ4n) is 0.804. The Morgan fingerprint density at radius 1 is 1.10 bits per heavy atom. The van der Waals surface area contributed by atoms with Gasteiger partial charge in [0.15, 0.2) is 0 Å². The molecule has 0 saturated carbocycles. The predicted octanol–water partition coefficient (Wildman–Crippen LogP) is 2.81. The van der Waals surface area contributed by atoms with Crippen LogP contribution < -0.4 is 0 Å². The summed E-state index contributed by atoms with van der Waals surface area (Å²) >= 11 is 0. The molecule has 0 aliphatic heterocycles. The fraction of sp³-hybridized carbons (Fsp3) is 0.889. The normalized spacial score (nSPS) is 10.2. The van der Waals surface area contributed by atoms with E-state index in [1.807, 2.05) is 0 Å². The van der Waals surface area contributed by atoms with Gasteiger partial charge in [0, 0.05) is 13.2 Å². The number of unbranched alkanes of at least 4 members (excludes halogenated alkanes) is 3. The van der Waals surface area contributed by atoms with Gasteiger partial charge in [0.25, 0.3) is 0 Å². The lowest BCUT2D eigenvalue weighted by Gasteiger charge is -2.00. The van der Waals surface area contributed by atoms with E-state index in [0.717, 1.165) is 26.1 Å². The molecule has 0 amide bonds. The third-order valence-electron chi connectivity index (χ3n) is 1.39. The van der Waals surface area contributed by atoms with Crippen molar-refractivity contribution in [2.45, 2.75) is 39.0 Å². The van der Waals surface area contributed by atoms with Crippen molar-refractivity contribution in [2.75, 3.05) is 13.2 Å². The summed E-state index contributed by atoms with van der Waals surface area (Å²) in [5, 5.41) is 0. The molecule has 0 aliphatic carbocycles. The van der Waals surface area contributed by atoms with Crippen LogP contribution in [-0.2, 0) is 4.74 Å². The minimum Gasteiger partial charge on any atom is -0.381 e. The van der Waals surface area contributed by atoms with Gasteiger partial charge in [-0.2, -0.15) is 0 Å². The Kier molecular flexibility index (Phi) is 8.92. The SMILES string of the molecule is [CH2]CCCCCOCCC. The van der Waals surface area contributed by atoms with Gasteiger partial charge in [-0.15, -0.1) is 0 Å². The van der Waals surface area contributed by atoms with Crippen molar-refractivity contribution in [1.82, 2.24) is 0 Å². The molecule has 1 heteroatoms. The Labute approximate surface area is 64.8 Å². The first-order valence-corrected chi connectivity index (χ1v) is 4.28. The monoisotopic (exact) mass is 143 g/mol. The summed E-state index contributed by atoms with van der Waals surface area (Å²) in [6.45, 7) is 7.77. The van der Waals surface area contributed by atoms with Gasteiger partial charge in [-0.3, -0.25) is 0 Å². The summed E-state index contributed by atoms with van der Waals surface area (Å²) in [4.78, 5) is 0. The lowest BCUT2D eigenvalue weighted by atomic mass is 10.2. The molecule has 1 nitrogen and oxygen atoms in total. The van der Waals surface area contributed by atoms with Gasteiger partial charge in [0.2, 0.25) is 0 Å². The van der Waals surface area contributed by atoms with Gasteiger partial charge in [0.1, 0.15) is 0 Å². The van der Waals surface area contributed by atoms with E-state index in [2.05, 4.69) is 13.8 Å². The molecule has 0 unspecified atom stereocenters. The van der Waals surface area contributed by atoms with Crippen LogP contribution in [0.1, 0.15) is 39.0 Å². The van der Waals surface area contributed by atoms with Gasteiger partial charge < -0.3 is 4.74 Å². The highest BCUT2D eigenvalue weighted by atomic mass is 16.5. The molecule has 0 atom stereocenters. The summed E-state index contributed by atoms with van der Waals surface area (Å²) < 4.78 is 5.31. The molecule has 0 spiro atoms. The number of rotatable bonds is 7. The number of hydrogen-bond donors (Lipinski definition) is 0. The first-order chi connectivity index (χ1) is 4.91. The van der Waals surface area contributed by atoms with Crippen LogP contribution in [0.5, 0.6) is 0 Å². The third-order valence-corrected chi connectivity index (χ3v) is 1.39. The third kappa shape index (κ3) is 7.96. The van der Waals surface area contributed by atoms with Gasteiger partial charge in [-0.25, -0.2) is 0 Å². The number of ether oxygens (including phenoxy) is 1. The van der Waals surface area contributed by atoms with Crippen molar-refractivity contribution >= 4 is 0 Å². The standard InChI is InChI=1S/C9H19O/c1-3-5-6-7-9-10-8-4-2/h1,3-9H2,2H3. The Morgan fingerprint density at radius 3 is 2.50 bits per heavy atom. The second kappa shape index (κ2) is 8.96. The maximum absolute atomic E-state index is 5.31. The molecule has 0 N–H and O–H groups in total. The minimum absolute atomic E-state index is 0.921. The molecule has 0 bridgehead atoms. The van der Waals surface area contributed by atoms with Crippen molar-refractivity contribution < 1.29 is 4.74 Å². The lowest BCUT2D eigenvalue weighted by Crippen LogP contribution is -1.94. The van der Waals surface area contributed by atoms with Crippen molar-refractivity contribution in [1.29, 1.82) is 0 Å². The molecule has 0 heterocycles. The first-order valence-electron chi connectivity index (χ1n) is 4.28. The summed E-state index contributed by atoms with van der Waals surface area (Å²) in [6, 6.07) is 0. The Hall–Kier alpha value is -0.0400. The quantitative estimate of drug-likeness (QED) is 0.498. The van der Waals surface area contributed by atoms with E-state index in [1.165, 1.54) is 19.3 Å². The summed E-state index contributed by atoms with van der Waals surface area (Å²) in [6.07, 6.45) is 5.92. The van der Waals surface area contributed by atoms with Crippen LogP contribution in [0.25, 0.3) is 0 Å². The first kappa shape index (κ1) is 9.96. The average molecular weight is 143 g/mol. The van der Waals surface area contributed by atoms with E-state index in [-0.39, 0.29) is 0 Å². The Balaban J connectivity index is 2.65. The second-order valence-electron chi connectivity index (χ2n) is 2.53. The van der Waals surface area contributed by atoms with Crippen molar-refractivity contribution in [2.24, 2.45) is 0 Å². The van der Waals surface area contributed by atoms with Crippen LogP contribution in [-0.4, -0.2) is 13.2 Å². The fourth-order valence-corrected chi connectivity index (χ4v) is 0.804. The van der Waals surface area contributed by atoms with E-state index in [9.17, 15) is 0 Å². The van der Waals surface area contributed by atoms with E-state index in [0.29, 0.717) is 0 Å². The summed E-state index contributed by atoms with van der Waals surface area (Å²) in [5.41, 5.74) is 0. The molecule has 0 aromatic carbocycles. The highest BCUT2D eigenvalue weighted by Crippen LogP contribution is 1.98. The smallest absolute Gasteiger partial charge is 0.0466 e. The topological polar surface area (TPSA) is 9.23 Å². The van der Waals surface area contributed by atoms with E-state index in [1.54, 1.807) is 0 Å². The van der Waals surface area contributed by atoms with E-state index >= 15 is 0 Å². The predicted molar refractivity (Wildman–Crippen MR) is 44.9 cm³/mol.